The Morgan fingerprint density at radius 1 is 0.804 bits per heavy atom. The summed E-state index contributed by atoms with van der Waals surface area (Å²) in [6, 6.07) is 5.81. The number of halogens is 2. The lowest BCUT2D eigenvalue weighted by molar-refractivity contribution is -0.137. The highest BCUT2D eigenvalue weighted by Gasteiger charge is 2.31. The summed E-state index contributed by atoms with van der Waals surface area (Å²) in [5, 5.41) is 29.5. The Kier molecular flexibility index (Phi) is 11.4. The van der Waals surface area contributed by atoms with Crippen LogP contribution >= 0.6 is 11.6 Å². The number of benzene rings is 2. The number of likely N-dealkylation sites (tertiary alicyclic amines) is 2. The van der Waals surface area contributed by atoms with Crippen LogP contribution in [0.1, 0.15) is 57.8 Å². The molecule has 0 unspecified atom stereocenters. The summed E-state index contributed by atoms with van der Waals surface area (Å²) in [6.45, 7) is 6.84. The minimum atomic E-state index is -1.01. The Balaban J connectivity index is 0.000000198. The van der Waals surface area contributed by atoms with Crippen molar-refractivity contribution in [2.45, 2.75) is 52.4 Å². The van der Waals surface area contributed by atoms with Crippen molar-refractivity contribution in [1.82, 2.24) is 18.9 Å². The number of methoxy groups -OCH3 is 1. The molecule has 2 aliphatic heterocycles. The van der Waals surface area contributed by atoms with Crippen molar-refractivity contribution in [1.29, 1.82) is 0 Å². The first-order chi connectivity index (χ1) is 24.1. The van der Waals surface area contributed by atoms with Gasteiger partial charge < -0.3 is 29.9 Å². The number of nitrogens with zero attached hydrogens (tertiary/aromatic N) is 4. The van der Waals surface area contributed by atoms with Gasteiger partial charge in [0.05, 0.1) is 36.0 Å². The predicted molar refractivity (Wildman–Crippen MR) is 191 cm³/mol. The molecule has 0 aliphatic carbocycles. The van der Waals surface area contributed by atoms with Crippen molar-refractivity contribution in [3.8, 4) is 11.5 Å². The van der Waals surface area contributed by atoms with Gasteiger partial charge in [-0.25, -0.2) is 4.39 Å². The second-order valence-electron chi connectivity index (χ2n) is 13.6. The molecule has 2 saturated heterocycles. The van der Waals surface area contributed by atoms with Crippen molar-refractivity contribution in [3.63, 3.8) is 0 Å². The number of carbonyl (C=O) groups excluding carboxylic acids is 2. The number of carboxylic acid groups (broad SMARTS) is 2. The number of aromatic hydroxyl groups is 1. The van der Waals surface area contributed by atoms with Gasteiger partial charge >= 0.3 is 11.9 Å². The first-order valence-electron chi connectivity index (χ1n) is 16.9. The van der Waals surface area contributed by atoms with Crippen LogP contribution in [0, 0.1) is 31.5 Å². The topological polar surface area (TPSA) is 155 Å². The van der Waals surface area contributed by atoms with Gasteiger partial charge in [0.15, 0.2) is 11.6 Å². The van der Waals surface area contributed by atoms with E-state index < -0.39 is 17.8 Å². The normalized spacial score (nSPS) is 16.3. The zero-order chi connectivity index (χ0) is 37.3. The zero-order valence-electron chi connectivity index (χ0n) is 29.5. The number of carboxylic acids is 2. The van der Waals surface area contributed by atoms with Gasteiger partial charge in [0.25, 0.3) is 0 Å². The second kappa shape index (κ2) is 15.4. The third-order valence-corrected chi connectivity index (χ3v) is 10.6. The Labute approximate surface area is 299 Å². The summed E-state index contributed by atoms with van der Waals surface area (Å²) in [6.07, 6.45) is 2.54. The summed E-state index contributed by atoms with van der Waals surface area (Å²) in [7, 11) is 5.41. The number of piperidine rings is 2. The maximum absolute atomic E-state index is 14.3. The molecule has 3 N–H and O–H groups in total. The molecule has 4 heterocycles. The first kappa shape index (κ1) is 37.8. The van der Waals surface area contributed by atoms with E-state index in [4.69, 9.17) is 16.3 Å². The molecule has 2 fully saturated rings. The summed E-state index contributed by atoms with van der Waals surface area (Å²) in [4.78, 5) is 53.2. The predicted octanol–water partition coefficient (Wildman–Crippen LogP) is 5.62. The highest BCUT2D eigenvalue weighted by Crippen LogP contribution is 2.39. The van der Waals surface area contributed by atoms with Crippen LogP contribution in [0.2, 0.25) is 5.02 Å². The SMILES string of the molecule is COc1cc2c(CC(=O)O)c(C)n(C(=O)C3CCN(C)CC3)c2cc1F.Cc1c(CC(=O)O)c2c(Cl)c(O)ccc2n1C(=O)C1CCN(C)CC1. The number of phenolic OH excluding ortho intramolecular Hbond substituents is 1. The lowest BCUT2D eigenvalue weighted by Crippen LogP contribution is -2.35. The molecule has 0 amide bonds. The molecule has 6 rings (SSSR count). The van der Waals surface area contributed by atoms with E-state index >= 15 is 0 Å². The summed E-state index contributed by atoms with van der Waals surface area (Å²) >= 11 is 6.24. The number of ether oxygens (including phenoxy) is 1. The van der Waals surface area contributed by atoms with E-state index in [1.165, 1.54) is 29.9 Å². The molecular weight excluding hydrogens is 683 g/mol. The van der Waals surface area contributed by atoms with E-state index in [0.29, 0.717) is 44.3 Å². The summed E-state index contributed by atoms with van der Waals surface area (Å²) < 4.78 is 22.4. The average Bonchev–Trinajstić information content (AvgIpc) is 3.50. The van der Waals surface area contributed by atoms with Crippen LogP contribution in [0.25, 0.3) is 21.8 Å². The summed E-state index contributed by atoms with van der Waals surface area (Å²) in [5.74, 6) is -3.04. The van der Waals surface area contributed by atoms with E-state index in [0.717, 1.165) is 51.9 Å². The van der Waals surface area contributed by atoms with Gasteiger partial charge in [-0.3, -0.25) is 28.3 Å². The molecule has 2 aliphatic rings. The first-order valence-corrected chi connectivity index (χ1v) is 17.3. The molecule has 12 nitrogen and oxygen atoms in total. The molecule has 51 heavy (non-hydrogen) atoms. The number of aliphatic carboxylic acids is 2. The molecule has 2 aromatic heterocycles. The smallest absolute Gasteiger partial charge is 0.307 e. The standard InChI is InChI=1S/C19H23FN2O4.C18H21ClN2O4/c1-11-13(9-18(23)24)14-8-17(26-3)15(20)10-16(14)22(11)19(25)12-4-6-21(2)7-5-12;1-10-12(9-15(23)24)16-13(3-4-14(22)17(16)19)21(10)18(25)11-5-7-20(2)8-6-11/h8,10,12H,4-7,9H2,1-3H3,(H,23,24);3-4,11,22H,5-9H2,1-2H3,(H,23,24). The van der Waals surface area contributed by atoms with E-state index in [9.17, 15) is 38.9 Å². The molecule has 0 radical (unpaired) electrons. The van der Waals surface area contributed by atoms with Crippen molar-refractivity contribution < 1.29 is 43.6 Å². The number of carbonyl (C=O) groups is 4. The highest BCUT2D eigenvalue weighted by molar-refractivity contribution is 6.37. The Hall–Kier alpha value is -4.46. The highest BCUT2D eigenvalue weighted by atomic mass is 35.5. The van der Waals surface area contributed by atoms with Crippen molar-refractivity contribution >= 4 is 57.2 Å². The van der Waals surface area contributed by atoms with Crippen LogP contribution in [0.3, 0.4) is 0 Å². The van der Waals surface area contributed by atoms with Crippen LogP contribution in [0.15, 0.2) is 24.3 Å². The quantitative estimate of drug-likeness (QED) is 0.219. The van der Waals surface area contributed by atoms with E-state index in [-0.39, 0.29) is 53.0 Å². The third-order valence-electron chi connectivity index (χ3n) is 10.3. The molecule has 274 valence electrons. The fourth-order valence-corrected chi connectivity index (χ4v) is 7.62. The van der Waals surface area contributed by atoms with Gasteiger partial charge in [-0.1, -0.05) is 11.6 Å². The largest absolute Gasteiger partial charge is 0.506 e. The molecule has 0 spiro atoms. The molecule has 0 bridgehead atoms. The van der Waals surface area contributed by atoms with Crippen molar-refractivity contribution in [2.24, 2.45) is 11.8 Å². The number of fused-ring (bicyclic) bond motifs is 2. The fourth-order valence-electron chi connectivity index (χ4n) is 7.35. The van der Waals surface area contributed by atoms with Crippen LogP contribution < -0.4 is 4.74 Å². The minimum absolute atomic E-state index is 0.0333. The number of hydrogen-bond donors (Lipinski definition) is 3. The fraction of sp³-hybridized carbons (Fsp3) is 0.459. The van der Waals surface area contributed by atoms with Gasteiger partial charge in [-0.2, -0.15) is 0 Å². The second-order valence-corrected chi connectivity index (χ2v) is 13.9. The zero-order valence-corrected chi connectivity index (χ0v) is 30.2. The maximum atomic E-state index is 14.3. The lowest BCUT2D eigenvalue weighted by Gasteiger charge is -2.28. The van der Waals surface area contributed by atoms with Gasteiger partial charge in [0.2, 0.25) is 11.8 Å². The van der Waals surface area contributed by atoms with Crippen LogP contribution in [-0.4, -0.2) is 105 Å². The van der Waals surface area contributed by atoms with Gasteiger partial charge in [-0.15, -0.1) is 0 Å². The number of aromatic nitrogens is 2. The van der Waals surface area contributed by atoms with E-state index in [1.54, 1.807) is 24.5 Å². The Bertz CT molecular complexity index is 2000. The Morgan fingerprint density at radius 3 is 1.76 bits per heavy atom. The van der Waals surface area contributed by atoms with Gasteiger partial charge in [0, 0.05) is 40.1 Å². The number of phenols is 1. The monoisotopic (exact) mass is 726 g/mol. The van der Waals surface area contributed by atoms with Crippen LogP contribution in [0.5, 0.6) is 11.5 Å². The maximum Gasteiger partial charge on any atom is 0.307 e. The van der Waals surface area contributed by atoms with E-state index in [1.807, 2.05) is 14.1 Å². The summed E-state index contributed by atoms with van der Waals surface area (Å²) in [5.41, 5.74) is 3.09. The third kappa shape index (κ3) is 7.61. The molecule has 14 heteroatoms. The van der Waals surface area contributed by atoms with Crippen molar-refractivity contribution in [3.05, 3.63) is 57.6 Å². The molecule has 4 aromatic rings. The van der Waals surface area contributed by atoms with Crippen molar-refractivity contribution in [2.75, 3.05) is 47.4 Å². The van der Waals surface area contributed by atoms with Gasteiger partial charge in [-0.05, 0) is 109 Å². The Morgan fingerprint density at radius 2 is 1.27 bits per heavy atom. The molecule has 0 saturated carbocycles. The lowest BCUT2D eigenvalue weighted by atomic mass is 9.96. The van der Waals surface area contributed by atoms with Crippen LogP contribution in [-0.2, 0) is 22.4 Å². The molecule has 0 atom stereocenters. The van der Waals surface area contributed by atoms with Gasteiger partial charge in [0.1, 0.15) is 5.75 Å². The molecule has 2 aromatic carbocycles. The molecular formula is C37H44ClFN4O8. The average molecular weight is 727 g/mol. The number of rotatable bonds is 7. The van der Waals surface area contributed by atoms with Crippen LogP contribution in [0.4, 0.5) is 4.39 Å². The minimum Gasteiger partial charge on any atom is -0.506 e. The van der Waals surface area contributed by atoms with E-state index in [2.05, 4.69) is 9.80 Å². The number of hydrogen-bond acceptors (Lipinski definition) is 8.